The molecule has 0 heterocycles. The molecule has 0 radical (unpaired) electrons. The Morgan fingerprint density at radius 1 is 1.03 bits per heavy atom. The summed E-state index contributed by atoms with van der Waals surface area (Å²) in [6.45, 7) is 9.12. The van der Waals surface area contributed by atoms with Crippen molar-refractivity contribution in [1.29, 1.82) is 0 Å². The number of hydrogen-bond donors (Lipinski definition) is 0. The van der Waals surface area contributed by atoms with E-state index in [9.17, 15) is 9.59 Å². The third kappa shape index (κ3) is 6.23. The van der Waals surface area contributed by atoms with Crippen LogP contribution in [0.5, 0.6) is 5.75 Å². The van der Waals surface area contributed by atoms with Crippen molar-refractivity contribution >= 4 is 29.2 Å². The quantitative estimate of drug-likeness (QED) is 0.558. The van der Waals surface area contributed by atoms with Crippen molar-refractivity contribution in [2.75, 3.05) is 18.1 Å². The molecule has 0 aliphatic carbocycles. The maximum absolute atomic E-state index is 12.6. The van der Waals surface area contributed by atoms with Crippen molar-refractivity contribution in [3.63, 3.8) is 0 Å². The number of benzene rings is 2. The number of amides is 1. The monoisotopic (exact) mass is 417 g/mol. The SMILES string of the molecule is Cc1cc(OCC(=O)OCC(=O)N(c2ccccc2)C(C)C)c(C(C)C)cc1Cl. The zero-order valence-corrected chi connectivity index (χ0v) is 18.3. The van der Waals surface area contributed by atoms with Gasteiger partial charge in [0.25, 0.3) is 5.91 Å². The first kappa shape index (κ1) is 22.8. The summed E-state index contributed by atoms with van der Waals surface area (Å²) in [6, 6.07) is 12.9. The second kappa shape index (κ2) is 10.3. The number of anilines is 1. The topological polar surface area (TPSA) is 55.8 Å². The molecular formula is C23H28ClNO4. The first-order valence-corrected chi connectivity index (χ1v) is 10.0. The average Bonchev–Trinajstić information content (AvgIpc) is 2.67. The minimum Gasteiger partial charge on any atom is -0.482 e. The Morgan fingerprint density at radius 2 is 1.69 bits per heavy atom. The Hall–Kier alpha value is -2.53. The van der Waals surface area contributed by atoms with Gasteiger partial charge in [0.15, 0.2) is 13.2 Å². The minimum atomic E-state index is -0.600. The number of carbonyl (C=O) groups is 2. The van der Waals surface area contributed by atoms with E-state index in [1.54, 1.807) is 4.90 Å². The van der Waals surface area contributed by atoms with E-state index in [2.05, 4.69) is 0 Å². The van der Waals surface area contributed by atoms with Crippen molar-refractivity contribution in [2.24, 2.45) is 0 Å². The number of aryl methyl sites for hydroxylation is 1. The maximum Gasteiger partial charge on any atom is 0.344 e. The Labute approximate surface area is 177 Å². The number of esters is 1. The van der Waals surface area contributed by atoms with Crippen LogP contribution in [-0.2, 0) is 14.3 Å². The zero-order valence-electron chi connectivity index (χ0n) is 17.6. The second-order valence-electron chi connectivity index (χ2n) is 7.44. The third-order valence-corrected chi connectivity index (χ3v) is 4.84. The number of para-hydroxylation sites is 1. The number of carbonyl (C=O) groups excluding carboxylic acids is 2. The van der Waals surface area contributed by atoms with E-state index < -0.39 is 5.97 Å². The number of ether oxygens (including phenoxy) is 2. The first-order chi connectivity index (χ1) is 13.7. The minimum absolute atomic E-state index is 0.0644. The average molecular weight is 418 g/mol. The molecule has 0 spiro atoms. The lowest BCUT2D eigenvalue weighted by Gasteiger charge is -2.26. The van der Waals surface area contributed by atoms with Gasteiger partial charge in [-0.15, -0.1) is 0 Å². The van der Waals surface area contributed by atoms with Gasteiger partial charge in [0.1, 0.15) is 5.75 Å². The standard InChI is InChI=1S/C23H28ClNO4/c1-15(2)19-12-20(24)17(5)11-21(19)28-14-23(27)29-13-22(26)25(16(3)4)18-9-7-6-8-10-18/h6-12,15-16H,13-14H2,1-5H3. The zero-order chi connectivity index (χ0) is 21.6. The summed E-state index contributed by atoms with van der Waals surface area (Å²) in [5.74, 6) is -0.105. The normalized spacial score (nSPS) is 10.9. The molecule has 0 fully saturated rings. The van der Waals surface area contributed by atoms with Crippen LogP contribution in [0, 0.1) is 6.92 Å². The van der Waals surface area contributed by atoms with E-state index in [-0.39, 0.29) is 31.1 Å². The molecule has 0 aliphatic rings. The van der Waals surface area contributed by atoms with Crippen LogP contribution in [0.15, 0.2) is 42.5 Å². The summed E-state index contributed by atoms with van der Waals surface area (Å²) in [5.41, 5.74) is 2.54. The Balaban J connectivity index is 1.96. The van der Waals surface area contributed by atoms with Gasteiger partial charge in [-0.2, -0.15) is 0 Å². The van der Waals surface area contributed by atoms with Crippen LogP contribution >= 0.6 is 11.6 Å². The number of hydrogen-bond acceptors (Lipinski definition) is 4. The summed E-state index contributed by atoms with van der Waals surface area (Å²) in [6.07, 6.45) is 0. The van der Waals surface area contributed by atoms with Gasteiger partial charge in [-0.05, 0) is 62.1 Å². The highest BCUT2D eigenvalue weighted by molar-refractivity contribution is 6.31. The van der Waals surface area contributed by atoms with E-state index in [1.807, 2.05) is 77.1 Å². The van der Waals surface area contributed by atoms with Gasteiger partial charge in [-0.25, -0.2) is 4.79 Å². The molecule has 0 N–H and O–H groups in total. The molecule has 0 aromatic heterocycles. The highest BCUT2D eigenvalue weighted by Crippen LogP contribution is 2.32. The fourth-order valence-electron chi connectivity index (χ4n) is 2.96. The van der Waals surface area contributed by atoms with Gasteiger partial charge in [-0.3, -0.25) is 4.79 Å². The molecule has 156 valence electrons. The van der Waals surface area contributed by atoms with Gasteiger partial charge < -0.3 is 14.4 Å². The smallest absolute Gasteiger partial charge is 0.344 e. The highest BCUT2D eigenvalue weighted by atomic mass is 35.5. The molecule has 0 saturated carbocycles. The molecule has 2 rings (SSSR count). The molecule has 2 aromatic carbocycles. The molecule has 0 aliphatic heterocycles. The molecule has 0 atom stereocenters. The molecule has 2 aromatic rings. The van der Waals surface area contributed by atoms with Crippen LogP contribution in [0.25, 0.3) is 0 Å². The second-order valence-corrected chi connectivity index (χ2v) is 7.84. The molecule has 5 nitrogen and oxygen atoms in total. The van der Waals surface area contributed by atoms with Gasteiger partial charge in [0.05, 0.1) is 0 Å². The molecule has 0 unspecified atom stereocenters. The first-order valence-electron chi connectivity index (χ1n) is 9.66. The number of rotatable bonds is 8. The maximum atomic E-state index is 12.6. The van der Waals surface area contributed by atoms with Crippen molar-refractivity contribution in [1.82, 2.24) is 0 Å². The molecule has 6 heteroatoms. The van der Waals surface area contributed by atoms with Crippen molar-refractivity contribution < 1.29 is 19.1 Å². The van der Waals surface area contributed by atoms with E-state index >= 15 is 0 Å². The summed E-state index contributed by atoms with van der Waals surface area (Å²) in [4.78, 5) is 26.3. The summed E-state index contributed by atoms with van der Waals surface area (Å²) < 4.78 is 10.8. The Morgan fingerprint density at radius 3 is 2.28 bits per heavy atom. The van der Waals surface area contributed by atoms with E-state index in [0.717, 1.165) is 16.8 Å². The summed E-state index contributed by atoms with van der Waals surface area (Å²) in [5, 5.41) is 0.656. The Bertz CT molecular complexity index is 849. The molecule has 29 heavy (non-hydrogen) atoms. The molecule has 0 saturated heterocycles. The van der Waals surface area contributed by atoms with Gasteiger partial charge in [0, 0.05) is 16.8 Å². The van der Waals surface area contributed by atoms with Crippen molar-refractivity contribution in [3.05, 3.63) is 58.6 Å². The third-order valence-electron chi connectivity index (χ3n) is 4.43. The lowest BCUT2D eigenvalue weighted by molar-refractivity contribution is -0.149. The molecule has 1 amide bonds. The highest BCUT2D eigenvalue weighted by Gasteiger charge is 2.21. The van der Waals surface area contributed by atoms with E-state index in [0.29, 0.717) is 10.8 Å². The lowest BCUT2D eigenvalue weighted by Crippen LogP contribution is -2.40. The fraction of sp³-hybridized carbons (Fsp3) is 0.391. The number of nitrogens with zero attached hydrogens (tertiary/aromatic N) is 1. The van der Waals surface area contributed by atoms with Crippen LogP contribution < -0.4 is 9.64 Å². The van der Waals surface area contributed by atoms with Crippen LogP contribution in [0.2, 0.25) is 5.02 Å². The predicted octanol–water partition coefficient (Wildman–Crippen LogP) is 5.14. The molecular weight excluding hydrogens is 390 g/mol. The lowest BCUT2D eigenvalue weighted by atomic mass is 10.0. The van der Waals surface area contributed by atoms with Gasteiger partial charge in [-0.1, -0.05) is 43.6 Å². The predicted molar refractivity (Wildman–Crippen MR) is 116 cm³/mol. The largest absolute Gasteiger partial charge is 0.482 e. The van der Waals surface area contributed by atoms with Crippen LogP contribution in [0.4, 0.5) is 5.69 Å². The van der Waals surface area contributed by atoms with Gasteiger partial charge >= 0.3 is 5.97 Å². The van der Waals surface area contributed by atoms with Crippen LogP contribution in [0.3, 0.4) is 0 Å². The van der Waals surface area contributed by atoms with Crippen molar-refractivity contribution in [3.8, 4) is 5.75 Å². The van der Waals surface area contributed by atoms with Crippen LogP contribution in [-0.4, -0.2) is 31.1 Å². The van der Waals surface area contributed by atoms with E-state index in [4.69, 9.17) is 21.1 Å². The fourth-order valence-corrected chi connectivity index (χ4v) is 3.13. The summed E-state index contributed by atoms with van der Waals surface area (Å²) >= 11 is 6.19. The van der Waals surface area contributed by atoms with E-state index in [1.165, 1.54) is 0 Å². The Kier molecular flexibility index (Phi) is 8.09. The molecule has 0 bridgehead atoms. The number of halogens is 1. The summed E-state index contributed by atoms with van der Waals surface area (Å²) in [7, 11) is 0. The van der Waals surface area contributed by atoms with Gasteiger partial charge in [0.2, 0.25) is 0 Å². The van der Waals surface area contributed by atoms with Crippen molar-refractivity contribution in [2.45, 2.75) is 46.6 Å². The van der Waals surface area contributed by atoms with Crippen LogP contribution in [0.1, 0.15) is 44.7 Å².